The number of nitro benzene ring substituents is 1. The molecule has 2 aromatic heterocycles. The van der Waals surface area contributed by atoms with Gasteiger partial charge in [-0.1, -0.05) is 18.6 Å². The molecule has 1 aliphatic rings. The van der Waals surface area contributed by atoms with Gasteiger partial charge in [-0.2, -0.15) is 9.40 Å². The topological polar surface area (TPSA) is 129 Å². The first kappa shape index (κ1) is 23.1. The fourth-order valence-electron chi connectivity index (χ4n) is 4.45. The Labute approximate surface area is 202 Å². The van der Waals surface area contributed by atoms with Crippen molar-refractivity contribution >= 4 is 26.7 Å². The first-order valence-corrected chi connectivity index (χ1v) is 12.9. The predicted octanol–water partition coefficient (Wildman–Crippen LogP) is 3.45. The Balaban J connectivity index is 1.44. The number of sulfonamides is 1. The van der Waals surface area contributed by atoms with Crippen LogP contribution in [0.5, 0.6) is 0 Å². The normalized spacial score (nSPS) is 15.0. The second-order valence-corrected chi connectivity index (χ2v) is 10.4. The van der Waals surface area contributed by atoms with Gasteiger partial charge in [0.15, 0.2) is 5.82 Å². The Hall–Kier alpha value is -3.64. The summed E-state index contributed by atoms with van der Waals surface area (Å²) >= 11 is 0. The Morgan fingerprint density at radius 2 is 1.89 bits per heavy atom. The number of benzene rings is 2. The fourth-order valence-corrected chi connectivity index (χ4v) is 5.99. The maximum Gasteiger partial charge on any atom is 0.270 e. The van der Waals surface area contributed by atoms with Gasteiger partial charge in [0.2, 0.25) is 10.0 Å². The van der Waals surface area contributed by atoms with Crippen LogP contribution in [-0.4, -0.2) is 55.1 Å². The van der Waals surface area contributed by atoms with E-state index in [4.69, 9.17) is 4.98 Å². The molecule has 2 aromatic carbocycles. The summed E-state index contributed by atoms with van der Waals surface area (Å²) in [7, 11) is -3.55. The summed E-state index contributed by atoms with van der Waals surface area (Å²) in [6.45, 7) is 4.07. The minimum Gasteiger partial charge on any atom is -0.327 e. The molecule has 3 heterocycles. The SMILES string of the molecule is CCn1c(Cn2cnc(-c3cccc([N+](=O)[O-])c3)n2)nc2cc(S(=O)(=O)N3CCCCC3)ccc21. The van der Waals surface area contributed by atoms with E-state index in [0.717, 1.165) is 24.8 Å². The van der Waals surface area contributed by atoms with Crippen LogP contribution in [0.3, 0.4) is 0 Å². The molecule has 0 spiro atoms. The number of non-ortho nitro benzene ring substituents is 1. The van der Waals surface area contributed by atoms with Crippen molar-refractivity contribution in [2.24, 2.45) is 0 Å². The average molecular weight is 496 g/mol. The van der Waals surface area contributed by atoms with Gasteiger partial charge < -0.3 is 4.57 Å². The van der Waals surface area contributed by atoms with Gasteiger partial charge in [-0.15, -0.1) is 0 Å². The van der Waals surface area contributed by atoms with Crippen LogP contribution >= 0.6 is 0 Å². The highest BCUT2D eigenvalue weighted by molar-refractivity contribution is 7.89. The van der Waals surface area contributed by atoms with Crippen molar-refractivity contribution in [3.8, 4) is 11.4 Å². The lowest BCUT2D eigenvalue weighted by atomic mass is 10.2. The standard InChI is InChI=1S/C23H25N7O4S/c1-2-29-21-10-9-19(35(33,34)28-11-4-3-5-12-28)14-20(21)25-22(29)15-27-16-24-23(26-27)17-7-6-8-18(13-17)30(31)32/h6-10,13-14,16H,2-5,11-12,15H2,1H3. The number of aryl methyl sites for hydroxylation is 1. The number of hydrogen-bond donors (Lipinski definition) is 0. The highest BCUT2D eigenvalue weighted by Crippen LogP contribution is 2.26. The fraction of sp³-hybridized carbons (Fsp3) is 0.348. The van der Waals surface area contributed by atoms with Gasteiger partial charge in [-0.05, 0) is 38.0 Å². The van der Waals surface area contributed by atoms with Gasteiger partial charge in [0, 0.05) is 37.3 Å². The van der Waals surface area contributed by atoms with Crippen molar-refractivity contribution in [1.82, 2.24) is 28.6 Å². The number of imidazole rings is 1. The summed E-state index contributed by atoms with van der Waals surface area (Å²) in [5.41, 5.74) is 1.98. The minimum atomic E-state index is -3.55. The Morgan fingerprint density at radius 3 is 2.63 bits per heavy atom. The number of aromatic nitrogens is 5. The second-order valence-electron chi connectivity index (χ2n) is 8.46. The lowest BCUT2D eigenvalue weighted by Crippen LogP contribution is -2.35. The number of hydrogen-bond acceptors (Lipinski definition) is 7. The molecular weight excluding hydrogens is 470 g/mol. The van der Waals surface area contributed by atoms with Gasteiger partial charge in [-0.3, -0.25) is 10.1 Å². The van der Waals surface area contributed by atoms with Crippen molar-refractivity contribution in [2.75, 3.05) is 13.1 Å². The third-order valence-corrected chi connectivity index (χ3v) is 8.12. The van der Waals surface area contributed by atoms with Crippen LogP contribution in [0.1, 0.15) is 32.0 Å². The number of rotatable bonds is 7. The Kier molecular flexibility index (Phi) is 6.07. The molecule has 1 aliphatic heterocycles. The zero-order valence-corrected chi connectivity index (χ0v) is 20.1. The van der Waals surface area contributed by atoms with Crippen LogP contribution in [0, 0.1) is 10.1 Å². The molecule has 0 atom stereocenters. The first-order valence-electron chi connectivity index (χ1n) is 11.5. The number of nitro groups is 1. The summed E-state index contributed by atoms with van der Waals surface area (Å²) in [6.07, 6.45) is 4.37. The molecule has 0 amide bonds. The largest absolute Gasteiger partial charge is 0.327 e. The lowest BCUT2D eigenvalue weighted by Gasteiger charge is -2.25. The zero-order valence-electron chi connectivity index (χ0n) is 19.2. The summed E-state index contributed by atoms with van der Waals surface area (Å²) < 4.78 is 31.4. The number of piperidine rings is 1. The number of nitrogens with zero attached hydrogens (tertiary/aromatic N) is 7. The van der Waals surface area contributed by atoms with E-state index in [0.29, 0.717) is 48.9 Å². The van der Waals surface area contributed by atoms with Crippen molar-refractivity contribution in [1.29, 1.82) is 0 Å². The molecule has 1 saturated heterocycles. The summed E-state index contributed by atoms with van der Waals surface area (Å²) in [5.74, 6) is 1.09. The second kappa shape index (κ2) is 9.19. The van der Waals surface area contributed by atoms with Crippen LogP contribution in [0.2, 0.25) is 0 Å². The Morgan fingerprint density at radius 1 is 1.09 bits per heavy atom. The van der Waals surface area contributed by atoms with Gasteiger partial charge in [0.05, 0.1) is 20.9 Å². The van der Waals surface area contributed by atoms with E-state index in [1.807, 2.05) is 17.6 Å². The van der Waals surface area contributed by atoms with Gasteiger partial charge in [-0.25, -0.2) is 23.1 Å². The molecule has 0 aliphatic carbocycles. The molecule has 0 radical (unpaired) electrons. The molecule has 0 unspecified atom stereocenters. The van der Waals surface area contributed by atoms with Gasteiger partial charge in [0.1, 0.15) is 18.7 Å². The van der Waals surface area contributed by atoms with Crippen LogP contribution in [0.4, 0.5) is 5.69 Å². The van der Waals surface area contributed by atoms with Crippen molar-refractivity contribution in [2.45, 2.75) is 44.2 Å². The molecule has 1 fully saturated rings. The van der Waals surface area contributed by atoms with Crippen LogP contribution < -0.4 is 0 Å². The van der Waals surface area contributed by atoms with E-state index in [1.165, 1.54) is 12.1 Å². The van der Waals surface area contributed by atoms with E-state index >= 15 is 0 Å². The average Bonchev–Trinajstić information content (AvgIpc) is 3.48. The lowest BCUT2D eigenvalue weighted by molar-refractivity contribution is -0.384. The summed E-state index contributed by atoms with van der Waals surface area (Å²) in [4.78, 5) is 19.9. The summed E-state index contributed by atoms with van der Waals surface area (Å²) in [5, 5.41) is 15.5. The molecule has 4 aromatic rings. The smallest absolute Gasteiger partial charge is 0.270 e. The van der Waals surface area contributed by atoms with Gasteiger partial charge in [0.25, 0.3) is 5.69 Å². The molecule has 12 heteroatoms. The molecule has 0 saturated carbocycles. The van der Waals surface area contributed by atoms with Crippen LogP contribution in [-0.2, 0) is 23.1 Å². The number of fused-ring (bicyclic) bond motifs is 1. The first-order chi connectivity index (χ1) is 16.9. The highest BCUT2D eigenvalue weighted by atomic mass is 32.2. The minimum absolute atomic E-state index is 0.0260. The van der Waals surface area contributed by atoms with Gasteiger partial charge >= 0.3 is 0 Å². The van der Waals surface area contributed by atoms with E-state index in [2.05, 4.69) is 10.1 Å². The Bertz CT molecular complexity index is 1500. The molecule has 5 rings (SSSR count). The van der Waals surface area contributed by atoms with Crippen molar-refractivity contribution < 1.29 is 13.3 Å². The molecule has 0 bridgehead atoms. The van der Waals surface area contributed by atoms with Crippen LogP contribution in [0.15, 0.2) is 53.7 Å². The molecule has 35 heavy (non-hydrogen) atoms. The van der Waals surface area contributed by atoms with E-state index in [9.17, 15) is 18.5 Å². The summed E-state index contributed by atoms with van der Waals surface area (Å²) in [6, 6.07) is 11.3. The molecule has 11 nitrogen and oxygen atoms in total. The third kappa shape index (κ3) is 4.42. The molecular formula is C23H25N7O4S. The third-order valence-electron chi connectivity index (χ3n) is 6.22. The van der Waals surface area contributed by atoms with Crippen molar-refractivity contribution in [3.63, 3.8) is 0 Å². The molecule has 182 valence electrons. The van der Waals surface area contributed by atoms with E-state index in [-0.39, 0.29) is 10.6 Å². The predicted molar refractivity (Wildman–Crippen MR) is 129 cm³/mol. The van der Waals surface area contributed by atoms with Crippen LogP contribution in [0.25, 0.3) is 22.4 Å². The van der Waals surface area contributed by atoms with E-state index in [1.54, 1.807) is 39.6 Å². The maximum absolute atomic E-state index is 13.1. The maximum atomic E-state index is 13.1. The zero-order chi connectivity index (χ0) is 24.6. The highest BCUT2D eigenvalue weighted by Gasteiger charge is 2.26. The monoisotopic (exact) mass is 495 g/mol. The molecule has 0 N–H and O–H groups in total. The van der Waals surface area contributed by atoms with Crippen molar-refractivity contribution in [3.05, 3.63) is 64.7 Å². The van der Waals surface area contributed by atoms with E-state index < -0.39 is 14.9 Å². The quantitative estimate of drug-likeness (QED) is 0.284.